The molecule has 8 heteroatoms. The lowest BCUT2D eigenvalue weighted by Gasteiger charge is -2.38. The second-order valence-electron chi connectivity index (χ2n) is 5.86. The second-order valence-corrected chi connectivity index (χ2v) is 7.02. The maximum atomic E-state index is 12.1. The Bertz CT molecular complexity index is 900. The van der Waals surface area contributed by atoms with Crippen molar-refractivity contribution in [3.63, 3.8) is 0 Å². The third kappa shape index (κ3) is 2.92. The first kappa shape index (κ1) is 14.9. The van der Waals surface area contributed by atoms with E-state index in [-0.39, 0.29) is 5.56 Å². The van der Waals surface area contributed by atoms with Crippen molar-refractivity contribution in [2.45, 2.75) is 13.5 Å². The highest BCUT2D eigenvalue weighted by molar-refractivity contribution is 7.15. The molecule has 0 saturated carbocycles. The molecule has 1 saturated heterocycles. The van der Waals surface area contributed by atoms with E-state index in [9.17, 15) is 4.79 Å². The molecule has 1 fully saturated rings. The topological polar surface area (TPSA) is 76.8 Å². The van der Waals surface area contributed by atoms with Gasteiger partial charge in [-0.1, -0.05) is 11.3 Å². The van der Waals surface area contributed by atoms with Gasteiger partial charge in [0.05, 0.1) is 12.2 Å². The molecule has 122 valence electrons. The Morgan fingerprint density at radius 3 is 2.83 bits per heavy atom. The zero-order valence-electron chi connectivity index (χ0n) is 13.2. The van der Waals surface area contributed by atoms with Gasteiger partial charge in [0, 0.05) is 43.0 Å². The lowest BCUT2D eigenvalue weighted by Crippen LogP contribution is -2.49. The minimum atomic E-state index is -0.0761. The van der Waals surface area contributed by atoms with E-state index in [2.05, 4.69) is 25.2 Å². The molecular weight excluding hydrogens is 324 g/mol. The van der Waals surface area contributed by atoms with E-state index < -0.39 is 0 Å². The summed E-state index contributed by atoms with van der Waals surface area (Å²) in [4.78, 5) is 18.4. The van der Waals surface area contributed by atoms with E-state index in [1.807, 2.05) is 19.1 Å². The van der Waals surface area contributed by atoms with Gasteiger partial charge in [0.1, 0.15) is 5.01 Å². The van der Waals surface area contributed by atoms with Crippen molar-refractivity contribution in [1.82, 2.24) is 25.0 Å². The molecule has 0 bridgehead atoms. The average Bonchev–Trinajstić information content (AvgIpc) is 2.99. The minimum Gasteiger partial charge on any atom is -0.346 e. The molecule has 3 aromatic heterocycles. The quantitative estimate of drug-likeness (QED) is 0.718. The van der Waals surface area contributed by atoms with Gasteiger partial charge in [-0.25, -0.2) is 4.68 Å². The Morgan fingerprint density at radius 1 is 1.25 bits per heavy atom. The predicted molar refractivity (Wildman–Crippen MR) is 92.1 cm³/mol. The zero-order valence-corrected chi connectivity index (χ0v) is 14.0. The van der Waals surface area contributed by atoms with Crippen LogP contribution >= 0.6 is 11.3 Å². The van der Waals surface area contributed by atoms with E-state index in [4.69, 9.17) is 0 Å². The molecule has 0 spiro atoms. The van der Waals surface area contributed by atoms with Gasteiger partial charge in [-0.2, -0.15) is 5.10 Å². The number of aromatic nitrogens is 5. The molecule has 24 heavy (non-hydrogen) atoms. The smallest absolute Gasteiger partial charge is 0.266 e. The molecule has 0 aliphatic carbocycles. The standard InChI is InChI=1S/C16H16N6OS/c1-11-18-19-16(24-11)21-8-12(9-21)10-22-15(23)5-4-14(20-22)13-3-2-6-17-7-13/h2-7,12H,8-10H2,1H3. The number of rotatable bonds is 4. The molecular formula is C16H16N6OS. The number of anilines is 1. The van der Waals surface area contributed by atoms with Gasteiger partial charge < -0.3 is 4.90 Å². The highest BCUT2D eigenvalue weighted by Gasteiger charge is 2.29. The van der Waals surface area contributed by atoms with Crippen molar-refractivity contribution < 1.29 is 0 Å². The van der Waals surface area contributed by atoms with Crippen molar-refractivity contribution in [2.75, 3.05) is 18.0 Å². The maximum Gasteiger partial charge on any atom is 0.266 e. The highest BCUT2D eigenvalue weighted by atomic mass is 32.1. The average molecular weight is 340 g/mol. The van der Waals surface area contributed by atoms with Crippen LogP contribution in [0.5, 0.6) is 0 Å². The van der Waals surface area contributed by atoms with Crippen molar-refractivity contribution in [3.8, 4) is 11.3 Å². The lowest BCUT2D eigenvalue weighted by atomic mass is 10.0. The van der Waals surface area contributed by atoms with Gasteiger partial charge >= 0.3 is 0 Å². The van der Waals surface area contributed by atoms with Crippen molar-refractivity contribution in [2.24, 2.45) is 5.92 Å². The molecule has 0 unspecified atom stereocenters. The molecule has 4 rings (SSSR count). The van der Waals surface area contributed by atoms with Crippen LogP contribution in [0.4, 0.5) is 5.13 Å². The Labute approximate surface area is 142 Å². The maximum absolute atomic E-state index is 12.1. The fourth-order valence-corrected chi connectivity index (χ4v) is 3.45. The summed E-state index contributed by atoms with van der Waals surface area (Å²) >= 11 is 1.60. The van der Waals surface area contributed by atoms with Gasteiger partial charge in [-0.05, 0) is 25.1 Å². The van der Waals surface area contributed by atoms with Gasteiger partial charge in [0.25, 0.3) is 5.56 Å². The molecule has 3 aromatic rings. The first-order valence-electron chi connectivity index (χ1n) is 7.72. The fraction of sp³-hybridized carbons (Fsp3) is 0.312. The number of aryl methyl sites for hydroxylation is 1. The largest absolute Gasteiger partial charge is 0.346 e. The van der Waals surface area contributed by atoms with E-state index >= 15 is 0 Å². The normalized spacial score (nSPS) is 14.6. The van der Waals surface area contributed by atoms with E-state index in [1.54, 1.807) is 40.5 Å². The third-order valence-electron chi connectivity index (χ3n) is 4.00. The van der Waals surface area contributed by atoms with Crippen molar-refractivity contribution in [3.05, 3.63) is 52.0 Å². The molecule has 0 radical (unpaired) electrons. The number of nitrogens with zero attached hydrogens (tertiary/aromatic N) is 6. The predicted octanol–water partition coefficient (Wildman–Crippen LogP) is 1.60. The van der Waals surface area contributed by atoms with Crippen LogP contribution in [-0.2, 0) is 6.54 Å². The Balaban J connectivity index is 1.47. The molecule has 1 aliphatic rings. The summed E-state index contributed by atoms with van der Waals surface area (Å²) < 4.78 is 1.55. The van der Waals surface area contributed by atoms with Crippen LogP contribution in [0.3, 0.4) is 0 Å². The summed E-state index contributed by atoms with van der Waals surface area (Å²) in [6.07, 6.45) is 3.47. The zero-order chi connectivity index (χ0) is 16.5. The highest BCUT2D eigenvalue weighted by Crippen LogP contribution is 2.27. The number of hydrogen-bond acceptors (Lipinski definition) is 7. The Hall–Kier alpha value is -2.61. The van der Waals surface area contributed by atoms with Crippen LogP contribution in [-0.4, -0.2) is 38.1 Å². The van der Waals surface area contributed by atoms with E-state index in [0.717, 1.165) is 34.5 Å². The van der Waals surface area contributed by atoms with Gasteiger partial charge in [-0.15, -0.1) is 10.2 Å². The summed E-state index contributed by atoms with van der Waals surface area (Å²) in [6.45, 7) is 4.31. The van der Waals surface area contributed by atoms with Crippen LogP contribution in [0.1, 0.15) is 5.01 Å². The van der Waals surface area contributed by atoms with Crippen LogP contribution in [0.15, 0.2) is 41.5 Å². The number of hydrogen-bond donors (Lipinski definition) is 0. The summed E-state index contributed by atoms with van der Waals surface area (Å²) in [6, 6.07) is 7.11. The van der Waals surface area contributed by atoms with Crippen LogP contribution in [0.25, 0.3) is 11.3 Å². The summed E-state index contributed by atoms with van der Waals surface area (Å²) in [7, 11) is 0. The van der Waals surface area contributed by atoms with Crippen LogP contribution in [0.2, 0.25) is 0 Å². The molecule has 1 aliphatic heterocycles. The fourth-order valence-electron chi connectivity index (χ4n) is 2.75. The van der Waals surface area contributed by atoms with Gasteiger partial charge in [-0.3, -0.25) is 9.78 Å². The van der Waals surface area contributed by atoms with E-state index in [1.165, 1.54) is 0 Å². The summed E-state index contributed by atoms with van der Waals surface area (Å²) in [5.41, 5.74) is 1.59. The van der Waals surface area contributed by atoms with E-state index in [0.29, 0.717) is 12.5 Å². The number of pyridine rings is 1. The van der Waals surface area contributed by atoms with Crippen molar-refractivity contribution in [1.29, 1.82) is 0 Å². The lowest BCUT2D eigenvalue weighted by molar-refractivity contribution is 0.334. The summed E-state index contributed by atoms with van der Waals surface area (Å²) in [5, 5.41) is 14.6. The molecule has 0 atom stereocenters. The molecule has 0 amide bonds. The molecule has 4 heterocycles. The van der Waals surface area contributed by atoms with Gasteiger partial charge in [0.2, 0.25) is 5.13 Å². The SMILES string of the molecule is Cc1nnc(N2CC(Cn3nc(-c4cccnc4)ccc3=O)C2)s1. The van der Waals surface area contributed by atoms with Crippen LogP contribution in [0, 0.1) is 12.8 Å². The van der Waals surface area contributed by atoms with Crippen LogP contribution < -0.4 is 10.5 Å². The summed E-state index contributed by atoms with van der Waals surface area (Å²) in [5.74, 6) is 0.392. The third-order valence-corrected chi connectivity index (χ3v) is 4.90. The molecule has 7 nitrogen and oxygen atoms in total. The first-order valence-corrected chi connectivity index (χ1v) is 8.54. The minimum absolute atomic E-state index is 0.0761. The molecule has 0 N–H and O–H groups in total. The Morgan fingerprint density at radius 2 is 2.12 bits per heavy atom. The second kappa shape index (κ2) is 6.12. The molecule has 0 aromatic carbocycles. The van der Waals surface area contributed by atoms with Gasteiger partial charge in [0.15, 0.2) is 0 Å². The Kier molecular flexibility index (Phi) is 3.81. The monoisotopic (exact) mass is 340 g/mol. The first-order chi connectivity index (χ1) is 11.7. The van der Waals surface area contributed by atoms with Crippen molar-refractivity contribution >= 4 is 16.5 Å².